The second kappa shape index (κ2) is 9.33. The summed E-state index contributed by atoms with van der Waals surface area (Å²) >= 11 is 0. The number of ether oxygens (including phenoxy) is 2. The molecule has 0 saturated carbocycles. The summed E-state index contributed by atoms with van der Waals surface area (Å²) in [6, 6.07) is 6.75. The second-order valence-corrected chi connectivity index (χ2v) is 4.97. The Hall–Kier alpha value is -3.00. The molecule has 1 aromatic heterocycles. The number of nitrogens with zero attached hydrogens (tertiary/aromatic N) is 2. The van der Waals surface area contributed by atoms with E-state index >= 15 is 0 Å². The minimum absolute atomic E-state index is 0.262. The van der Waals surface area contributed by atoms with Crippen LogP contribution in [0.5, 0.6) is 0 Å². The molecule has 25 heavy (non-hydrogen) atoms. The molecule has 1 aromatic carbocycles. The molecular formula is C17H20N4O4. The van der Waals surface area contributed by atoms with Crippen molar-refractivity contribution < 1.29 is 19.1 Å². The number of aromatic nitrogens is 2. The predicted octanol–water partition coefficient (Wildman–Crippen LogP) is 1.77. The maximum Gasteiger partial charge on any atom is 0.338 e. The highest BCUT2D eigenvalue weighted by atomic mass is 16.5. The van der Waals surface area contributed by atoms with Crippen molar-refractivity contribution >= 4 is 23.5 Å². The Morgan fingerprint density at radius 1 is 1.08 bits per heavy atom. The fraction of sp³-hybridized carbons (Fsp3) is 0.294. The zero-order valence-corrected chi connectivity index (χ0v) is 14.1. The van der Waals surface area contributed by atoms with Crippen molar-refractivity contribution in [2.45, 2.75) is 6.92 Å². The van der Waals surface area contributed by atoms with Crippen molar-refractivity contribution in [2.24, 2.45) is 0 Å². The number of nitrogens with one attached hydrogen (secondary N) is 2. The van der Waals surface area contributed by atoms with E-state index in [0.717, 1.165) is 0 Å². The highest BCUT2D eigenvalue weighted by Gasteiger charge is 2.08. The Kier molecular flexibility index (Phi) is 6.85. The molecule has 2 N–H and O–H groups in total. The van der Waals surface area contributed by atoms with Crippen molar-refractivity contribution in [3.05, 3.63) is 47.8 Å². The molecule has 1 amide bonds. The number of rotatable bonds is 8. The average Bonchev–Trinajstić information content (AvgIpc) is 2.63. The summed E-state index contributed by atoms with van der Waals surface area (Å²) in [5.74, 6) is -0.283. The van der Waals surface area contributed by atoms with Crippen LogP contribution in [0.3, 0.4) is 0 Å². The average molecular weight is 344 g/mol. The van der Waals surface area contributed by atoms with E-state index < -0.39 is 0 Å². The van der Waals surface area contributed by atoms with Crippen molar-refractivity contribution in [2.75, 3.05) is 32.2 Å². The van der Waals surface area contributed by atoms with Crippen molar-refractivity contribution in [3.8, 4) is 0 Å². The maximum atomic E-state index is 11.8. The van der Waals surface area contributed by atoms with Gasteiger partial charge in [0, 0.05) is 31.7 Å². The number of methoxy groups -OCH3 is 1. The van der Waals surface area contributed by atoms with Gasteiger partial charge < -0.3 is 20.1 Å². The summed E-state index contributed by atoms with van der Waals surface area (Å²) in [5.41, 5.74) is 1.54. The van der Waals surface area contributed by atoms with Gasteiger partial charge in [-0.3, -0.25) is 4.79 Å². The number of carbonyl (C=O) groups excluding carboxylic acids is 2. The number of esters is 1. The molecule has 0 unspecified atom stereocenters. The van der Waals surface area contributed by atoms with Crippen LogP contribution in [0.15, 0.2) is 36.7 Å². The molecule has 0 aliphatic rings. The first-order valence-electron chi connectivity index (χ1n) is 7.77. The lowest BCUT2D eigenvalue weighted by molar-refractivity contribution is 0.0526. The Morgan fingerprint density at radius 3 is 2.36 bits per heavy atom. The number of carbonyl (C=O) groups is 2. The van der Waals surface area contributed by atoms with Gasteiger partial charge in [-0.05, 0) is 31.2 Å². The van der Waals surface area contributed by atoms with Crippen molar-refractivity contribution in [1.82, 2.24) is 15.3 Å². The van der Waals surface area contributed by atoms with Crippen LogP contribution in [0.25, 0.3) is 0 Å². The minimum atomic E-state index is -0.367. The first-order chi connectivity index (χ1) is 12.1. The molecule has 132 valence electrons. The molecular weight excluding hydrogens is 324 g/mol. The third-order valence-electron chi connectivity index (χ3n) is 3.16. The Balaban J connectivity index is 1.94. The van der Waals surface area contributed by atoms with Crippen LogP contribution in [0.4, 0.5) is 11.6 Å². The molecule has 0 saturated heterocycles. The third-order valence-corrected chi connectivity index (χ3v) is 3.16. The molecule has 1 heterocycles. The first-order valence-corrected chi connectivity index (χ1v) is 7.77. The fourth-order valence-corrected chi connectivity index (χ4v) is 1.91. The van der Waals surface area contributed by atoms with Gasteiger partial charge in [-0.15, -0.1) is 0 Å². The van der Waals surface area contributed by atoms with Gasteiger partial charge in [-0.1, -0.05) is 0 Å². The van der Waals surface area contributed by atoms with Crippen LogP contribution < -0.4 is 10.6 Å². The largest absolute Gasteiger partial charge is 0.462 e. The molecule has 0 aliphatic carbocycles. The normalized spacial score (nSPS) is 10.2. The van der Waals surface area contributed by atoms with Gasteiger partial charge in [0.15, 0.2) is 0 Å². The van der Waals surface area contributed by atoms with Gasteiger partial charge in [0.2, 0.25) is 5.95 Å². The Labute approximate surface area is 145 Å². The molecule has 8 heteroatoms. The van der Waals surface area contributed by atoms with Crippen LogP contribution in [0, 0.1) is 0 Å². The van der Waals surface area contributed by atoms with Gasteiger partial charge in [-0.2, -0.15) is 0 Å². The van der Waals surface area contributed by atoms with Crippen LogP contribution in [0.1, 0.15) is 27.6 Å². The molecule has 2 aromatic rings. The van der Waals surface area contributed by atoms with Crippen molar-refractivity contribution in [1.29, 1.82) is 0 Å². The Morgan fingerprint density at radius 2 is 1.76 bits per heavy atom. The fourth-order valence-electron chi connectivity index (χ4n) is 1.91. The van der Waals surface area contributed by atoms with Crippen LogP contribution >= 0.6 is 0 Å². The summed E-state index contributed by atoms with van der Waals surface area (Å²) in [6.45, 7) is 2.95. The first kappa shape index (κ1) is 18.3. The van der Waals surface area contributed by atoms with Gasteiger partial charge in [0.1, 0.15) is 0 Å². The number of hydrogen-bond acceptors (Lipinski definition) is 7. The summed E-state index contributed by atoms with van der Waals surface area (Å²) in [4.78, 5) is 31.6. The molecule has 0 spiro atoms. The van der Waals surface area contributed by atoms with E-state index in [9.17, 15) is 9.59 Å². The smallest absolute Gasteiger partial charge is 0.338 e. The third kappa shape index (κ3) is 5.54. The highest BCUT2D eigenvalue weighted by molar-refractivity contribution is 5.93. The highest BCUT2D eigenvalue weighted by Crippen LogP contribution is 2.14. The van der Waals surface area contributed by atoms with Gasteiger partial charge in [0.05, 0.1) is 24.3 Å². The van der Waals surface area contributed by atoms with Crippen LogP contribution in [0.2, 0.25) is 0 Å². The summed E-state index contributed by atoms with van der Waals surface area (Å²) in [5, 5.41) is 5.68. The quantitative estimate of drug-likeness (QED) is 0.556. The van der Waals surface area contributed by atoms with Gasteiger partial charge >= 0.3 is 5.97 Å². The van der Waals surface area contributed by atoms with E-state index in [1.165, 1.54) is 12.4 Å². The number of hydrogen-bond donors (Lipinski definition) is 2. The van der Waals surface area contributed by atoms with Crippen LogP contribution in [-0.2, 0) is 9.47 Å². The standard InChI is InChI=1S/C17H20N4O4/c1-3-25-16(23)12-4-6-14(7-5-12)21-17-19-10-13(11-20-17)15(22)18-8-9-24-2/h4-7,10-11H,3,8-9H2,1-2H3,(H,18,22)(H,19,20,21). The Bertz CT molecular complexity index is 702. The zero-order chi connectivity index (χ0) is 18.1. The lowest BCUT2D eigenvalue weighted by atomic mass is 10.2. The molecule has 0 radical (unpaired) electrons. The topological polar surface area (TPSA) is 102 Å². The van der Waals surface area contributed by atoms with E-state index in [-0.39, 0.29) is 11.9 Å². The monoisotopic (exact) mass is 344 g/mol. The van der Waals surface area contributed by atoms with Gasteiger partial charge in [0.25, 0.3) is 5.91 Å². The second-order valence-electron chi connectivity index (χ2n) is 4.97. The van der Waals surface area contributed by atoms with E-state index in [0.29, 0.717) is 42.5 Å². The van der Waals surface area contributed by atoms with Gasteiger partial charge in [-0.25, -0.2) is 14.8 Å². The molecule has 0 bridgehead atoms. The zero-order valence-electron chi connectivity index (χ0n) is 14.1. The summed E-state index contributed by atoms with van der Waals surface area (Å²) in [7, 11) is 1.56. The molecule has 2 rings (SSSR count). The van der Waals surface area contributed by atoms with E-state index in [1.54, 1.807) is 38.3 Å². The number of amides is 1. The lowest BCUT2D eigenvalue weighted by Gasteiger charge is -2.07. The predicted molar refractivity (Wildman–Crippen MR) is 91.9 cm³/mol. The molecule has 0 fully saturated rings. The molecule has 0 atom stereocenters. The maximum absolute atomic E-state index is 11.8. The molecule has 8 nitrogen and oxygen atoms in total. The number of benzene rings is 1. The SMILES string of the molecule is CCOC(=O)c1ccc(Nc2ncc(C(=O)NCCOC)cn2)cc1. The van der Waals surface area contributed by atoms with Crippen molar-refractivity contribution in [3.63, 3.8) is 0 Å². The van der Waals surface area contributed by atoms with Crippen LogP contribution in [-0.4, -0.2) is 48.7 Å². The minimum Gasteiger partial charge on any atom is -0.462 e. The lowest BCUT2D eigenvalue weighted by Crippen LogP contribution is -2.27. The number of anilines is 2. The van der Waals surface area contributed by atoms with E-state index in [1.807, 2.05) is 0 Å². The summed E-state index contributed by atoms with van der Waals surface area (Å²) in [6.07, 6.45) is 2.87. The van der Waals surface area contributed by atoms with E-state index in [2.05, 4.69) is 20.6 Å². The van der Waals surface area contributed by atoms with E-state index in [4.69, 9.17) is 9.47 Å². The summed E-state index contributed by atoms with van der Waals surface area (Å²) < 4.78 is 9.79. The molecule has 0 aliphatic heterocycles.